The molecule has 0 aliphatic heterocycles. The highest BCUT2D eigenvalue weighted by atomic mass is 35.5. The summed E-state index contributed by atoms with van der Waals surface area (Å²) in [6.07, 6.45) is 5.55. The van der Waals surface area contributed by atoms with E-state index in [0.717, 1.165) is 25.1 Å². The Balaban J connectivity index is 2.57. The van der Waals surface area contributed by atoms with Crippen LogP contribution in [0.15, 0.2) is 18.5 Å². The molecular formula is C14H23ClN2O. The summed E-state index contributed by atoms with van der Waals surface area (Å²) in [5, 5.41) is 4.07. The summed E-state index contributed by atoms with van der Waals surface area (Å²) in [5.41, 5.74) is 0.0991. The van der Waals surface area contributed by atoms with Crippen molar-refractivity contribution in [3.8, 4) is 5.75 Å². The van der Waals surface area contributed by atoms with Crippen LogP contribution in [-0.4, -0.2) is 23.2 Å². The molecule has 0 saturated heterocycles. The zero-order valence-corrected chi connectivity index (χ0v) is 12.4. The molecule has 4 heteroatoms. The van der Waals surface area contributed by atoms with Crippen molar-refractivity contribution in [2.75, 3.05) is 6.54 Å². The molecule has 1 N–H and O–H groups in total. The average molecular weight is 271 g/mol. The fourth-order valence-electron chi connectivity index (χ4n) is 1.59. The molecule has 1 aromatic heterocycles. The smallest absolute Gasteiger partial charge is 0.139 e. The number of pyridine rings is 1. The van der Waals surface area contributed by atoms with E-state index in [4.69, 9.17) is 16.3 Å². The fraction of sp³-hybridized carbons (Fsp3) is 0.643. The average Bonchev–Trinajstić information content (AvgIpc) is 2.25. The second kappa shape index (κ2) is 6.95. The molecule has 1 atom stereocenters. The molecule has 1 rings (SSSR count). The van der Waals surface area contributed by atoms with E-state index >= 15 is 0 Å². The molecule has 102 valence electrons. The fourth-order valence-corrected chi connectivity index (χ4v) is 1.76. The van der Waals surface area contributed by atoms with Crippen LogP contribution in [-0.2, 0) is 0 Å². The van der Waals surface area contributed by atoms with Gasteiger partial charge in [0.1, 0.15) is 11.9 Å². The van der Waals surface area contributed by atoms with Crippen LogP contribution >= 0.6 is 11.6 Å². The van der Waals surface area contributed by atoms with Crippen LogP contribution in [0.5, 0.6) is 5.75 Å². The molecule has 1 heterocycles. The highest BCUT2D eigenvalue weighted by molar-refractivity contribution is 6.30. The topological polar surface area (TPSA) is 34.1 Å². The zero-order chi connectivity index (χ0) is 13.6. The molecule has 0 spiro atoms. The number of nitrogens with one attached hydrogen (secondary N) is 1. The first-order chi connectivity index (χ1) is 8.40. The molecule has 0 aliphatic carbocycles. The quantitative estimate of drug-likeness (QED) is 0.856. The molecule has 1 unspecified atom stereocenters. The van der Waals surface area contributed by atoms with E-state index in [-0.39, 0.29) is 11.6 Å². The first kappa shape index (κ1) is 15.3. The summed E-state index contributed by atoms with van der Waals surface area (Å²) in [5.74, 6) is 0.733. The minimum atomic E-state index is 0.0991. The Hall–Kier alpha value is -0.800. The molecule has 3 nitrogen and oxygen atoms in total. The number of aromatic nitrogens is 1. The number of hydrogen-bond acceptors (Lipinski definition) is 3. The molecule has 0 aromatic carbocycles. The van der Waals surface area contributed by atoms with Gasteiger partial charge in [-0.2, -0.15) is 0 Å². The Morgan fingerprint density at radius 2 is 2.11 bits per heavy atom. The summed E-state index contributed by atoms with van der Waals surface area (Å²) in [6.45, 7) is 9.43. The standard InChI is InChI=1S/C14H23ClN2O/c1-5-6-12(10-17-14(2,3)4)18-13-7-11(15)8-16-9-13/h7-9,12,17H,5-6,10H2,1-4H3. The van der Waals surface area contributed by atoms with E-state index in [1.165, 1.54) is 0 Å². The third-order valence-corrected chi connectivity index (χ3v) is 2.66. The zero-order valence-electron chi connectivity index (χ0n) is 11.7. The lowest BCUT2D eigenvalue weighted by molar-refractivity contribution is 0.174. The molecule has 0 aliphatic rings. The largest absolute Gasteiger partial charge is 0.487 e. The van der Waals surface area contributed by atoms with Gasteiger partial charge >= 0.3 is 0 Å². The molecule has 0 radical (unpaired) electrons. The van der Waals surface area contributed by atoms with E-state index in [9.17, 15) is 0 Å². The Morgan fingerprint density at radius 1 is 1.39 bits per heavy atom. The van der Waals surface area contributed by atoms with Crippen LogP contribution in [0, 0.1) is 0 Å². The van der Waals surface area contributed by atoms with Gasteiger partial charge in [0.25, 0.3) is 0 Å². The van der Waals surface area contributed by atoms with E-state index in [2.05, 4.69) is 38.0 Å². The maximum Gasteiger partial charge on any atom is 0.139 e. The predicted octanol–water partition coefficient (Wildman–Crippen LogP) is 3.67. The number of nitrogens with zero attached hydrogens (tertiary/aromatic N) is 1. The Labute approximate surface area is 115 Å². The summed E-state index contributed by atoms with van der Waals surface area (Å²) in [7, 11) is 0. The van der Waals surface area contributed by atoms with Gasteiger partial charge in [-0.3, -0.25) is 4.98 Å². The molecule has 0 amide bonds. The summed E-state index contributed by atoms with van der Waals surface area (Å²) >= 11 is 5.90. The third kappa shape index (κ3) is 6.22. The van der Waals surface area contributed by atoms with Crippen LogP contribution in [0.2, 0.25) is 5.02 Å². The third-order valence-electron chi connectivity index (χ3n) is 2.45. The molecule has 0 saturated carbocycles. The van der Waals surface area contributed by atoms with Gasteiger partial charge in [-0.15, -0.1) is 0 Å². The summed E-state index contributed by atoms with van der Waals surface area (Å²) in [6, 6.07) is 1.80. The minimum absolute atomic E-state index is 0.0991. The lowest BCUT2D eigenvalue weighted by atomic mass is 10.1. The van der Waals surface area contributed by atoms with Gasteiger partial charge in [0.2, 0.25) is 0 Å². The van der Waals surface area contributed by atoms with Crippen LogP contribution < -0.4 is 10.1 Å². The first-order valence-corrected chi connectivity index (χ1v) is 6.81. The molecule has 18 heavy (non-hydrogen) atoms. The highest BCUT2D eigenvalue weighted by Crippen LogP contribution is 2.18. The maximum atomic E-state index is 5.92. The van der Waals surface area contributed by atoms with Crippen molar-refractivity contribution < 1.29 is 4.74 Å². The van der Waals surface area contributed by atoms with Gasteiger partial charge in [0.15, 0.2) is 0 Å². The van der Waals surface area contributed by atoms with Crippen LogP contribution in [0.25, 0.3) is 0 Å². The second-order valence-corrected chi connectivity index (χ2v) is 5.93. The van der Waals surface area contributed by atoms with Crippen molar-refractivity contribution >= 4 is 11.6 Å². The maximum absolute atomic E-state index is 5.92. The monoisotopic (exact) mass is 270 g/mol. The Kier molecular flexibility index (Phi) is 5.89. The van der Waals surface area contributed by atoms with E-state index in [1.54, 1.807) is 18.5 Å². The Bertz CT molecular complexity index is 363. The van der Waals surface area contributed by atoms with Gasteiger partial charge in [0, 0.05) is 24.3 Å². The van der Waals surface area contributed by atoms with E-state index in [1.807, 2.05) is 0 Å². The number of hydrogen-bond donors (Lipinski definition) is 1. The van der Waals surface area contributed by atoms with E-state index in [0.29, 0.717) is 5.02 Å². The van der Waals surface area contributed by atoms with Crippen molar-refractivity contribution in [3.05, 3.63) is 23.5 Å². The van der Waals surface area contributed by atoms with Gasteiger partial charge < -0.3 is 10.1 Å². The van der Waals surface area contributed by atoms with Gasteiger partial charge in [-0.05, 0) is 27.2 Å². The van der Waals surface area contributed by atoms with Crippen molar-refractivity contribution in [2.45, 2.75) is 52.2 Å². The van der Waals surface area contributed by atoms with Crippen LogP contribution in [0.1, 0.15) is 40.5 Å². The second-order valence-electron chi connectivity index (χ2n) is 5.50. The van der Waals surface area contributed by atoms with Crippen molar-refractivity contribution in [3.63, 3.8) is 0 Å². The van der Waals surface area contributed by atoms with Gasteiger partial charge in [0.05, 0.1) is 11.2 Å². The van der Waals surface area contributed by atoms with Crippen molar-refractivity contribution in [1.82, 2.24) is 10.3 Å². The summed E-state index contributed by atoms with van der Waals surface area (Å²) < 4.78 is 5.92. The lowest BCUT2D eigenvalue weighted by Crippen LogP contribution is -2.42. The number of ether oxygens (including phenoxy) is 1. The lowest BCUT2D eigenvalue weighted by Gasteiger charge is -2.25. The number of rotatable bonds is 6. The van der Waals surface area contributed by atoms with Gasteiger partial charge in [-0.1, -0.05) is 24.9 Å². The normalized spacial score (nSPS) is 13.4. The Morgan fingerprint density at radius 3 is 2.67 bits per heavy atom. The minimum Gasteiger partial charge on any atom is -0.487 e. The molecule has 0 fully saturated rings. The van der Waals surface area contributed by atoms with Gasteiger partial charge in [-0.25, -0.2) is 0 Å². The SMILES string of the molecule is CCCC(CNC(C)(C)C)Oc1cncc(Cl)c1. The van der Waals surface area contributed by atoms with Crippen LogP contribution in [0.3, 0.4) is 0 Å². The molecule has 1 aromatic rings. The number of halogens is 1. The predicted molar refractivity (Wildman–Crippen MR) is 76.3 cm³/mol. The highest BCUT2D eigenvalue weighted by Gasteiger charge is 2.15. The van der Waals surface area contributed by atoms with Crippen molar-refractivity contribution in [1.29, 1.82) is 0 Å². The first-order valence-electron chi connectivity index (χ1n) is 6.43. The summed E-state index contributed by atoms with van der Waals surface area (Å²) in [4.78, 5) is 4.03. The van der Waals surface area contributed by atoms with E-state index < -0.39 is 0 Å². The van der Waals surface area contributed by atoms with Crippen molar-refractivity contribution in [2.24, 2.45) is 0 Å². The van der Waals surface area contributed by atoms with Crippen LogP contribution in [0.4, 0.5) is 0 Å². The molecular weight excluding hydrogens is 248 g/mol. The molecule has 0 bridgehead atoms.